The SMILES string of the molecule is Cc1cn(SI)c2nccc(C=O)c12. The normalized spacial score (nSPS) is 10.7. The van der Waals surface area contributed by atoms with E-state index in [1.165, 1.54) is 0 Å². The van der Waals surface area contributed by atoms with Gasteiger partial charge in [0, 0.05) is 53.7 Å². The zero-order chi connectivity index (χ0) is 10.1. The van der Waals surface area contributed by atoms with E-state index in [-0.39, 0.29) is 0 Å². The molecule has 0 radical (unpaired) electrons. The lowest BCUT2D eigenvalue weighted by Gasteiger charge is -1.97. The van der Waals surface area contributed by atoms with E-state index < -0.39 is 0 Å². The highest BCUT2D eigenvalue weighted by atomic mass is 127. The number of aldehydes is 1. The number of fused-ring (bicyclic) bond motifs is 1. The minimum Gasteiger partial charge on any atom is -0.298 e. The molecule has 5 heteroatoms. The monoisotopic (exact) mass is 318 g/mol. The molecule has 2 aromatic heterocycles. The first-order chi connectivity index (χ1) is 6.77. The Morgan fingerprint density at radius 3 is 3.07 bits per heavy atom. The number of carbonyl (C=O) groups is 1. The van der Waals surface area contributed by atoms with Gasteiger partial charge in [0.05, 0.1) is 0 Å². The van der Waals surface area contributed by atoms with Crippen molar-refractivity contribution in [3.05, 3.63) is 29.6 Å². The lowest BCUT2D eigenvalue weighted by molar-refractivity contribution is 0.112. The molecule has 0 bridgehead atoms. The second kappa shape index (κ2) is 3.90. The minimum atomic E-state index is 0.705. The highest BCUT2D eigenvalue weighted by molar-refractivity contribution is 14.2. The number of carbonyl (C=O) groups excluding carboxylic acids is 1. The third-order valence-corrected chi connectivity index (χ3v) is 3.78. The number of hydrogen-bond donors (Lipinski definition) is 0. The first kappa shape index (κ1) is 9.97. The zero-order valence-electron chi connectivity index (χ0n) is 7.40. The summed E-state index contributed by atoms with van der Waals surface area (Å²) in [5, 5.41) is 0.951. The summed E-state index contributed by atoms with van der Waals surface area (Å²) in [7, 11) is 1.55. The van der Waals surface area contributed by atoms with Gasteiger partial charge in [-0.15, -0.1) is 0 Å². The summed E-state index contributed by atoms with van der Waals surface area (Å²) in [4.78, 5) is 15.1. The number of rotatable bonds is 2. The maximum Gasteiger partial charge on any atom is 0.151 e. The molecule has 0 amide bonds. The number of pyridine rings is 1. The largest absolute Gasteiger partial charge is 0.298 e. The van der Waals surface area contributed by atoms with E-state index in [1.54, 1.807) is 21.4 Å². The van der Waals surface area contributed by atoms with Gasteiger partial charge in [0.25, 0.3) is 0 Å². The Kier molecular flexibility index (Phi) is 2.78. The van der Waals surface area contributed by atoms with Crippen molar-refractivity contribution in [1.29, 1.82) is 0 Å². The molecule has 0 spiro atoms. The van der Waals surface area contributed by atoms with Crippen molar-refractivity contribution in [2.45, 2.75) is 6.92 Å². The standard InChI is InChI=1S/C9H7IN2OS/c1-6-4-12(14-10)9-8(6)7(5-13)2-3-11-9/h2-5H,1H3. The molecule has 0 saturated carbocycles. The van der Waals surface area contributed by atoms with E-state index in [4.69, 9.17) is 0 Å². The van der Waals surface area contributed by atoms with Crippen molar-refractivity contribution in [2.24, 2.45) is 0 Å². The minimum absolute atomic E-state index is 0.705. The molecule has 0 fully saturated rings. The van der Waals surface area contributed by atoms with Crippen LogP contribution in [0.4, 0.5) is 0 Å². The second-order valence-corrected chi connectivity index (χ2v) is 4.64. The van der Waals surface area contributed by atoms with Crippen molar-refractivity contribution in [1.82, 2.24) is 8.96 Å². The maximum absolute atomic E-state index is 10.8. The molecule has 2 heterocycles. The third-order valence-electron chi connectivity index (χ3n) is 2.08. The van der Waals surface area contributed by atoms with Crippen LogP contribution in [0.3, 0.4) is 0 Å². The molecular formula is C9H7IN2OS. The van der Waals surface area contributed by atoms with Crippen LogP contribution in [0.2, 0.25) is 0 Å². The lowest BCUT2D eigenvalue weighted by Crippen LogP contribution is -1.87. The van der Waals surface area contributed by atoms with Crippen molar-refractivity contribution in [3.63, 3.8) is 0 Å². The average Bonchev–Trinajstić information content (AvgIpc) is 2.55. The van der Waals surface area contributed by atoms with Crippen molar-refractivity contribution < 1.29 is 4.79 Å². The fourth-order valence-corrected chi connectivity index (χ4v) is 2.79. The van der Waals surface area contributed by atoms with Crippen LogP contribution in [-0.4, -0.2) is 15.2 Å². The van der Waals surface area contributed by atoms with Gasteiger partial charge >= 0.3 is 0 Å². The fraction of sp³-hybridized carbons (Fsp3) is 0.111. The molecule has 3 nitrogen and oxygen atoms in total. The van der Waals surface area contributed by atoms with Gasteiger partial charge in [0.15, 0.2) is 11.9 Å². The Hall–Kier alpha value is -0.560. The fourth-order valence-electron chi connectivity index (χ4n) is 1.49. The van der Waals surface area contributed by atoms with Crippen LogP contribution in [0.25, 0.3) is 11.0 Å². The van der Waals surface area contributed by atoms with Gasteiger partial charge in [-0.05, 0) is 18.6 Å². The van der Waals surface area contributed by atoms with E-state index in [1.807, 2.05) is 17.1 Å². The number of aromatic nitrogens is 2. The molecule has 2 rings (SSSR count). The quantitative estimate of drug-likeness (QED) is 0.631. The first-order valence-electron chi connectivity index (χ1n) is 3.99. The lowest BCUT2D eigenvalue weighted by atomic mass is 10.1. The summed E-state index contributed by atoms with van der Waals surface area (Å²) in [5.41, 5.74) is 2.64. The molecule has 0 aliphatic rings. The molecule has 2 aromatic rings. The van der Waals surface area contributed by atoms with E-state index in [9.17, 15) is 4.79 Å². The van der Waals surface area contributed by atoms with Gasteiger partial charge in [0.2, 0.25) is 0 Å². The van der Waals surface area contributed by atoms with Gasteiger partial charge in [0.1, 0.15) is 0 Å². The van der Waals surface area contributed by atoms with Gasteiger partial charge in [-0.3, -0.25) is 8.77 Å². The van der Waals surface area contributed by atoms with E-state index in [2.05, 4.69) is 26.2 Å². The number of halogens is 1. The van der Waals surface area contributed by atoms with Crippen LogP contribution in [0.5, 0.6) is 0 Å². The van der Waals surface area contributed by atoms with Crippen LogP contribution >= 0.6 is 30.3 Å². The highest BCUT2D eigenvalue weighted by Gasteiger charge is 2.09. The van der Waals surface area contributed by atoms with Crippen molar-refractivity contribution >= 4 is 47.6 Å². The Morgan fingerprint density at radius 2 is 2.43 bits per heavy atom. The molecule has 0 aliphatic heterocycles. The van der Waals surface area contributed by atoms with Crippen LogP contribution in [0.15, 0.2) is 18.5 Å². The number of nitrogens with zero attached hydrogens (tertiary/aromatic N) is 2. The van der Waals surface area contributed by atoms with E-state index in [0.29, 0.717) is 5.56 Å². The highest BCUT2D eigenvalue weighted by Crippen LogP contribution is 2.27. The summed E-state index contributed by atoms with van der Waals surface area (Å²) in [6.45, 7) is 1.99. The first-order valence-corrected chi connectivity index (χ1v) is 7.30. The van der Waals surface area contributed by atoms with Gasteiger partial charge in [-0.1, -0.05) is 0 Å². The smallest absolute Gasteiger partial charge is 0.151 e. The molecule has 0 atom stereocenters. The maximum atomic E-state index is 10.8. The Labute approximate surface area is 97.6 Å². The third kappa shape index (κ3) is 1.44. The number of hydrogen-bond acceptors (Lipinski definition) is 3. The summed E-state index contributed by atoms with van der Waals surface area (Å²) >= 11 is 2.19. The van der Waals surface area contributed by atoms with Gasteiger partial charge < -0.3 is 0 Å². The Bertz CT molecular complexity index is 495. The number of aryl methyl sites for hydroxylation is 1. The van der Waals surface area contributed by atoms with Crippen molar-refractivity contribution in [2.75, 3.05) is 0 Å². The summed E-state index contributed by atoms with van der Waals surface area (Å²) in [6.07, 6.45) is 4.52. The predicted octanol–water partition coefficient (Wildman–Crippen LogP) is 3.00. The summed E-state index contributed by atoms with van der Waals surface area (Å²) in [5.74, 6) is 0. The summed E-state index contributed by atoms with van der Waals surface area (Å²) < 4.78 is 1.96. The van der Waals surface area contributed by atoms with Gasteiger partial charge in [-0.25, -0.2) is 4.98 Å². The van der Waals surface area contributed by atoms with Crippen LogP contribution < -0.4 is 0 Å². The van der Waals surface area contributed by atoms with Crippen LogP contribution in [0.1, 0.15) is 15.9 Å². The van der Waals surface area contributed by atoms with Crippen molar-refractivity contribution in [3.8, 4) is 0 Å². The summed E-state index contributed by atoms with van der Waals surface area (Å²) in [6, 6.07) is 1.74. The van der Waals surface area contributed by atoms with E-state index in [0.717, 1.165) is 22.9 Å². The average molecular weight is 318 g/mol. The molecule has 0 aliphatic carbocycles. The Balaban J connectivity index is 2.87. The molecule has 0 saturated heterocycles. The molecule has 14 heavy (non-hydrogen) atoms. The Morgan fingerprint density at radius 1 is 1.64 bits per heavy atom. The molecule has 0 N–H and O–H groups in total. The van der Waals surface area contributed by atoms with Gasteiger partial charge in [-0.2, -0.15) is 0 Å². The van der Waals surface area contributed by atoms with Crippen LogP contribution in [0, 0.1) is 6.92 Å². The van der Waals surface area contributed by atoms with E-state index >= 15 is 0 Å². The molecule has 0 aromatic carbocycles. The second-order valence-electron chi connectivity index (χ2n) is 2.92. The topological polar surface area (TPSA) is 34.9 Å². The molecule has 72 valence electrons. The van der Waals surface area contributed by atoms with Crippen LogP contribution in [-0.2, 0) is 0 Å². The zero-order valence-corrected chi connectivity index (χ0v) is 10.4. The molecule has 0 unspecified atom stereocenters. The predicted molar refractivity (Wildman–Crippen MR) is 66.9 cm³/mol. The molecular weight excluding hydrogens is 311 g/mol.